The Hall–Kier alpha value is -2.32. The molecule has 3 rings (SSSR count). The molecule has 0 radical (unpaired) electrons. The van der Waals surface area contributed by atoms with Crippen molar-refractivity contribution in [3.05, 3.63) is 59.9 Å². The fraction of sp³-hybridized carbons (Fsp3) is 0.333. The summed E-state index contributed by atoms with van der Waals surface area (Å²) in [6, 6.07) is 14.1. The van der Waals surface area contributed by atoms with E-state index < -0.39 is 9.84 Å². The molecule has 154 valence electrons. The first-order chi connectivity index (χ1) is 13.9. The second kappa shape index (κ2) is 9.45. The van der Waals surface area contributed by atoms with E-state index in [4.69, 9.17) is 0 Å². The SMILES string of the molecule is CSCCC(NC(=O)CCS(=O)(=O)c1ccc(C)cc1)c1nc2ccccc2[nH]1. The number of H-pyrrole nitrogens is 1. The van der Waals surface area contributed by atoms with Gasteiger partial charge in [-0.25, -0.2) is 13.4 Å². The van der Waals surface area contributed by atoms with Crippen LogP contribution < -0.4 is 5.32 Å². The Labute approximate surface area is 175 Å². The van der Waals surface area contributed by atoms with Crippen molar-refractivity contribution in [2.24, 2.45) is 0 Å². The second-order valence-electron chi connectivity index (χ2n) is 6.92. The van der Waals surface area contributed by atoms with Crippen molar-refractivity contribution in [3.8, 4) is 0 Å². The van der Waals surface area contributed by atoms with Gasteiger partial charge in [-0.3, -0.25) is 4.79 Å². The molecule has 1 aromatic heterocycles. The zero-order valence-corrected chi connectivity index (χ0v) is 18.1. The predicted octanol–water partition coefficient (Wildman–Crippen LogP) is 3.65. The number of aromatic nitrogens is 2. The molecule has 2 aromatic carbocycles. The Balaban J connectivity index is 1.67. The number of imidazole rings is 1. The number of nitrogens with one attached hydrogen (secondary N) is 2. The molecule has 0 bridgehead atoms. The quantitative estimate of drug-likeness (QED) is 0.540. The van der Waals surface area contributed by atoms with Gasteiger partial charge in [0.2, 0.25) is 5.91 Å². The molecule has 0 aliphatic rings. The van der Waals surface area contributed by atoms with Gasteiger partial charge in [-0.15, -0.1) is 0 Å². The third-order valence-corrected chi connectivity index (χ3v) is 7.04. The summed E-state index contributed by atoms with van der Waals surface area (Å²) >= 11 is 1.69. The Morgan fingerprint density at radius 1 is 1.17 bits per heavy atom. The van der Waals surface area contributed by atoms with E-state index in [1.54, 1.807) is 36.0 Å². The van der Waals surface area contributed by atoms with Crippen molar-refractivity contribution in [2.45, 2.75) is 30.7 Å². The topological polar surface area (TPSA) is 91.9 Å². The Morgan fingerprint density at radius 3 is 2.59 bits per heavy atom. The lowest BCUT2D eigenvalue weighted by Crippen LogP contribution is -2.31. The molecule has 0 spiro atoms. The molecule has 3 aromatic rings. The van der Waals surface area contributed by atoms with Crippen LogP contribution in [-0.4, -0.2) is 42.1 Å². The van der Waals surface area contributed by atoms with Crippen LogP contribution in [0.2, 0.25) is 0 Å². The third-order valence-electron chi connectivity index (χ3n) is 4.66. The molecule has 0 aliphatic carbocycles. The fourth-order valence-electron chi connectivity index (χ4n) is 3.01. The van der Waals surface area contributed by atoms with E-state index in [0.717, 1.165) is 22.3 Å². The van der Waals surface area contributed by atoms with Gasteiger partial charge >= 0.3 is 0 Å². The second-order valence-corrected chi connectivity index (χ2v) is 10.0. The summed E-state index contributed by atoms with van der Waals surface area (Å²) in [5, 5.41) is 2.95. The van der Waals surface area contributed by atoms with Crippen molar-refractivity contribution in [1.29, 1.82) is 0 Å². The van der Waals surface area contributed by atoms with Crippen molar-refractivity contribution in [2.75, 3.05) is 17.8 Å². The largest absolute Gasteiger partial charge is 0.346 e. The Kier molecular flexibility index (Phi) is 6.97. The van der Waals surface area contributed by atoms with Gasteiger partial charge in [0.1, 0.15) is 5.82 Å². The Morgan fingerprint density at radius 2 is 1.90 bits per heavy atom. The average molecular weight is 432 g/mol. The first kappa shape index (κ1) is 21.4. The molecule has 6 nitrogen and oxygen atoms in total. The minimum atomic E-state index is -3.50. The number of carbonyl (C=O) groups excluding carboxylic acids is 1. The van der Waals surface area contributed by atoms with Crippen LogP contribution in [0, 0.1) is 6.92 Å². The van der Waals surface area contributed by atoms with Crippen LogP contribution in [0.1, 0.15) is 30.3 Å². The first-order valence-electron chi connectivity index (χ1n) is 9.41. The van der Waals surface area contributed by atoms with E-state index in [9.17, 15) is 13.2 Å². The number of fused-ring (bicyclic) bond motifs is 1. The number of benzene rings is 2. The molecule has 2 N–H and O–H groups in total. The molecule has 1 heterocycles. The first-order valence-corrected chi connectivity index (χ1v) is 12.5. The smallest absolute Gasteiger partial charge is 0.221 e. The summed E-state index contributed by atoms with van der Waals surface area (Å²) in [6.45, 7) is 1.90. The summed E-state index contributed by atoms with van der Waals surface area (Å²) < 4.78 is 25.0. The summed E-state index contributed by atoms with van der Waals surface area (Å²) in [5.41, 5.74) is 2.74. The maximum absolute atomic E-state index is 12.5. The van der Waals surface area contributed by atoms with Crippen molar-refractivity contribution in [3.63, 3.8) is 0 Å². The number of sulfone groups is 1. The van der Waals surface area contributed by atoms with Gasteiger partial charge in [0, 0.05) is 6.42 Å². The maximum atomic E-state index is 12.5. The molecule has 1 unspecified atom stereocenters. The van der Waals surface area contributed by atoms with Crippen LogP contribution >= 0.6 is 11.8 Å². The molecule has 8 heteroatoms. The Bertz CT molecular complexity index is 1040. The standard InChI is InChI=1S/C21H25N3O3S2/c1-15-7-9-16(10-8-15)29(26,27)14-12-20(25)22-19(11-13-28-2)21-23-17-5-3-4-6-18(17)24-21/h3-10,19H,11-14H2,1-2H3,(H,22,25)(H,23,24). The third kappa shape index (κ3) is 5.61. The van der Waals surface area contributed by atoms with E-state index in [1.165, 1.54) is 0 Å². The number of amides is 1. The summed E-state index contributed by atoms with van der Waals surface area (Å²) in [4.78, 5) is 20.6. The van der Waals surface area contributed by atoms with Gasteiger partial charge in [-0.2, -0.15) is 11.8 Å². The average Bonchev–Trinajstić information content (AvgIpc) is 3.14. The highest BCUT2D eigenvalue weighted by molar-refractivity contribution is 7.98. The number of nitrogens with zero attached hydrogens (tertiary/aromatic N) is 1. The zero-order valence-electron chi connectivity index (χ0n) is 16.5. The van der Waals surface area contributed by atoms with Crippen LogP contribution in [-0.2, 0) is 14.6 Å². The molecule has 1 atom stereocenters. The van der Waals surface area contributed by atoms with E-state index in [1.807, 2.05) is 37.4 Å². The molecular weight excluding hydrogens is 406 g/mol. The number of thioether (sulfide) groups is 1. The van der Waals surface area contributed by atoms with Gasteiger partial charge in [0.05, 0.1) is 27.7 Å². The number of para-hydroxylation sites is 2. The van der Waals surface area contributed by atoms with E-state index in [0.29, 0.717) is 12.2 Å². The monoisotopic (exact) mass is 431 g/mol. The molecule has 1 amide bonds. The number of aryl methyl sites for hydroxylation is 1. The molecule has 0 saturated carbocycles. The number of hydrogen-bond acceptors (Lipinski definition) is 5. The molecule has 0 saturated heterocycles. The normalized spacial score (nSPS) is 12.8. The predicted molar refractivity (Wildman–Crippen MR) is 118 cm³/mol. The van der Waals surface area contributed by atoms with E-state index in [-0.39, 0.29) is 29.0 Å². The summed E-state index contributed by atoms with van der Waals surface area (Å²) in [7, 11) is -3.50. The lowest BCUT2D eigenvalue weighted by Gasteiger charge is -2.16. The van der Waals surface area contributed by atoms with E-state index >= 15 is 0 Å². The summed E-state index contributed by atoms with van der Waals surface area (Å²) in [5.74, 6) is 1.02. The zero-order chi connectivity index (χ0) is 20.9. The number of carbonyl (C=O) groups is 1. The van der Waals surface area contributed by atoms with Crippen molar-refractivity contribution < 1.29 is 13.2 Å². The van der Waals surface area contributed by atoms with Gasteiger partial charge < -0.3 is 10.3 Å². The molecule has 0 fully saturated rings. The highest BCUT2D eigenvalue weighted by atomic mass is 32.2. The minimum Gasteiger partial charge on any atom is -0.346 e. The van der Waals surface area contributed by atoms with Crippen LogP contribution in [0.3, 0.4) is 0 Å². The number of hydrogen-bond donors (Lipinski definition) is 2. The number of rotatable bonds is 9. The lowest BCUT2D eigenvalue weighted by molar-refractivity contribution is -0.121. The van der Waals surface area contributed by atoms with Gasteiger partial charge in [0.15, 0.2) is 9.84 Å². The van der Waals surface area contributed by atoms with Crippen molar-refractivity contribution >= 4 is 38.5 Å². The van der Waals surface area contributed by atoms with Crippen LogP contribution in [0.5, 0.6) is 0 Å². The molecule has 0 aliphatic heterocycles. The van der Waals surface area contributed by atoms with Gasteiger partial charge in [-0.1, -0.05) is 29.8 Å². The van der Waals surface area contributed by atoms with Crippen LogP contribution in [0.4, 0.5) is 0 Å². The van der Waals surface area contributed by atoms with Crippen LogP contribution in [0.15, 0.2) is 53.4 Å². The van der Waals surface area contributed by atoms with E-state index in [2.05, 4.69) is 15.3 Å². The maximum Gasteiger partial charge on any atom is 0.221 e. The molecular formula is C21H25N3O3S2. The highest BCUT2D eigenvalue weighted by Crippen LogP contribution is 2.20. The highest BCUT2D eigenvalue weighted by Gasteiger charge is 2.21. The van der Waals surface area contributed by atoms with Gasteiger partial charge in [-0.05, 0) is 49.6 Å². The lowest BCUT2D eigenvalue weighted by atomic mass is 10.2. The molecule has 29 heavy (non-hydrogen) atoms. The fourth-order valence-corrected chi connectivity index (χ4v) is 4.72. The van der Waals surface area contributed by atoms with Crippen molar-refractivity contribution in [1.82, 2.24) is 15.3 Å². The summed E-state index contributed by atoms with van der Waals surface area (Å²) in [6.07, 6.45) is 2.62. The minimum absolute atomic E-state index is 0.0911. The van der Waals surface area contributed by atoms with Crippen LogP contribution in [0.25, 0.3) is 11.0 Å². The number of aromatic amines is 1. The van der Waals surface area contributed by atoms with Gasteiger partial charge in [0.25, 0.3) is 0 Å².